The minimum atomic E-state index is -1.18. The van der Waals surface area contributed by atoms with Gasteiger partial charge in [-0.15, -0.1) is 0 Å². The molecule has 26 heavy (non-hydrogen) atoms. The average molecular weight is 486 g/mol. The number of carboxylic acids is 1. The molecule has 1 amide bonds. The van der Waals surface area contributed by atoms with Gasteiger partial charge >= 0.3 is 5.97 Å². The molecular formula is C18H18Br2N2O4. The molecule has 2 aromatic carbocycles. The van der Waals surface area contributed by atoms with Crippen molar-refractivity contribution in [3.8, 4) is 5.75 Å². The summed E-state index contributed by atoms with van der Waals surface area (Å²) >= 11 is 6.84. The molecule has 6 nitrogen and oxygen atoms in total. The van der Waals surface area contributed by atoms with Crippen LogP contribution in [-0.2, 0) is 16.2 Å². The molecule has 8 heteroatoms. The molecule has 0 fully saturated rings. The van der Waals surface area contributed by atoms with E-state index in [4.69, 9.17) is 9.84 Å². The van der Waals surface area contributed by atoms with E-state index in [0.717, 1.165) is 16.8 Å². The van der Waals surface area contributed by atoms with Crippen LogP contribution in [0, 0.1) is 6.92 Å². The number of nitrogens with one attached hydrogen (secondary N) is 2. The third-order valence-electron chi connectivity index (χ3n) is 3.40. The second-order valence-electron chi connectivity index (χ2n) is 5.63. The van der Waals surface area contributed by atoms with Gasteiger partial charge in [-0.3, -0.25) is 9.59 Å². The molecule has 2 rings (SSSR count). The number of aryl methyl sites for hydroxylation is 1. The van der Waals surface area contributed by atoms with E-state index in [1.165, 1.54) is 0 Å². The van der Waals surface area contributed by atoms with E-state index < -0.39 is 18.3 Å². The van der Waals surface area contributed by atoms with E-state index in [1.54, 1.807) is 12.1 Å². The summed E-state index contributed by atoms with van der Waals surface area (Å²) in [5.74, 6) is -1.18. The summed E-state index contributed by atoms with van der Waals surface area (Å²) in [6.45, 7) is 2.39. The Balaban J connectivity index is 2.12. The van der Waals surface area contributed by atoms with Crippen molar-refractivity contribution in [3.05, 3.63) is 50.4 Å². The highest BCUT2D eigenvalue weighted by atomic mass is 79.9. The Morgan fingerprint density at radius 1 is 1.08 bits per heavy atom. The van der Waals surface area contributed by atoms with Gasteiger partial charge in [0, 0.05) is 18.4 Å². The monoisotopic (exact) mass is 484 g/mol. The number of anilines is 2. The van der Waals surface area contributed by atoms with Gasteiger partial charge in [-0.1, -0.05) is 6.07 Å². The van der Waals surface area contributed by atoms with Crippen LogP contribution >= 0.6 is 31.9 Å². The molecule has 0 bridgehead atoms. The summed E-state index contributed by atoms with van der Waals surface area (Å²) in [7, 11) is 1.87. The molecule has 2 aromatic rings. The molecule has 0 aliphatic heterocycles. The zero-order valence-electron chi connectivity index (χ0n) is 14.2. The van der Waals surface area contributed by atoms with Gasteiger partial charge in [-0.25, -0.2) is 0 Å². The molecule has 3 N–H and O–H groups in total. The summed E-state index contributed by atoms with van der Waals surface area (Å²) in [5.41, 5.74) is 3.63. The number of benzene rings is 2. The third-order valence-corrected chi connectivity index (χ3v) is 4.58. The van der Waals surface area contributed by atoms with Gasteiger partial charge < -0.3 is 20.5 Å². The van der Waals surface area contributed by atoms with Crippen LogP contribution in [0.4, 0.5) is 11.4 Å². The molecule has 0 atom stereocenters. The molecule has 0 aliphatic carbocycles. The fraction of sp³-hybridized carbons (Fsp3) is 0.222. The Morgan fingerprint density at radius 2 is 1.73 bits per heavy atom. The molecule has 0 aliphatic rings. The summed E-state index contributed by atoms with van der Waals surface area (Å²) < 4.78 is 7.18. The molecule has 138 valence electrons. The van der Waals surface area contributed by atoms with Crippen molar-refractivity contribution < 1.29 is 19.4 Å². The fourth-order valence-corrected chi connectivity index (χ4v) is 3.77. The smallest absolute Gasteiger partial charge is 0.312 e. The van der Waals surface area contributed by atoms with Crippen LogP contribution in [0.1, 0.15) is 17.5 Å². The van der Waals surface area contributed by atoms with Crippen molar-refractivity contribution in [2.45, 2.75) is 20.0 Å². The average Bonchev–Trinajstić information content (AvgIpc) is 2.52. The van der Waals surface area contributed by atoms with Crippen molar-refractivity contribution in [1.29, 1.82) is 0 Å². The van der Waals surface area contributed by atoms with E-state index in [0.29, 0.717) is 27.0 Å². The van der Waals surface area contributed by atoms with Crippen LogP contribution in [-0.4, -0.2) is 24.0 Å². The number of hydrogen-bond acceptors (Lipinski definition) is 4. The molecule has 0 aromatic heterocycles. The number of carbonyl (C=O) groups is 2. The Hall–Kier alpha value is -2.06. The van der Waals surface area contributed by atoms with Gasteiger partial charge in [0.15, 0.2) is 0 Å². The normalized spacial score (nSPS) is 10.3. The number of rotatable bonds is 7. The lowest BCUT2D eigenvalue weighted by Gasteiger charge is -2.14. The summed E-state index contributed by atoms with van der Waals surface area (Å²) in [6.07, 6.45) is -0.589. The number of halogens is 2. The van der Waals surface area contributed by atoms with Crippen molar-refractivity contribution in [3.63, 3.8) is 0 Å². The molecule has 0 saturated carbocycles. The molecular weight excluding hydrogens is 468 g/mol. The van der Waals surface area contributed by atoms with Crippen molar-refractivity contribution in [1.82, 2.24) is 0 Å². The topological polar surface area (TPSA) is 87.7 Å². The van der Waals surface area contributed by atoms with Crippen LogP contribution in [0.15, 0.2) is 39.3 Å². The van der Waals surface area contributed by atoms with Crippen molar-refractivity contribution in [2.24, 2.45) is 0 Å². The standard InChI is InChI=1S/C18H18Br2N2O4/c1-10-3-11(5-12(4-10)21-2)9-26-18-14(19)6-13(7-15(18)20)22-16(23)8-17(24)25/h3-7,21H,8-9H2,1-2H3,(H,22,23)(H,24,25). The second kappa shape index (κ2) is 9.05. The number of hydrogen-bond donors (Lipinski definition) is 3. The number of amides is 1. The molecule has 0 saturated heterocycles. The van der Waals surface area contributed by atoms with Crippen molar-refractivity contribution >= 4 is 55.1 Å². The second-order valence-corrected chi connectivity index (χ2v) is 7.34. The number of ether oxygens (including phenoxy) is 1. The van der Waals surface area contributed by atoms with Crippen LogP contribution in [0.2, 0.25) is 0 Å². The highest BCUT2D eigenvalue weighted by Gasteiger charge is 2.13. The first-order valence-electron chi connectivity index (χ1n) is 7.70. The van der Waals surface area contributed by atoms with Gasteiger partial charge in [0.1, 0.15) is 18.8 Å². The fourth-order valence-electron chi connectivity index (χ4n) is 2.36. The molecule has 0 unspecified atom stereocenters. The minimum absolute atomic E-state index is 0.373. The predicted octanol–water partition coefficient (Wildman–Crippen LogP) is 4.55. The first kappa shape index (κ1) is 20.3. The highest BCUT2D eigenvalue weighted by Crippen LogP contribution is 2.37. The summed E-state index contributed by atoms with van der Waals surface area (Å²) in [6, 6.07) is 9.42. The van der Waals surface area contributed by atoms with Crippen LogP contribution in [0.5, 0.6) is 5.75 Å². The Kier molecular flexibility index (Phi) is 7.05. The summed E-state index contributed by atoms with van der Waals surface area (Å²) in [5, 5.41) is 14.3. The van der Waals surface area contributed by atoms with Crippen molar-refractivity contribution in [2.75, 3.05) is 17.7 Å². The summed E-state index contributed by atoms with van der Waals surface area (Å²) in [4.78, 5) is 22.1. The maximum atomic E-state index is 11.6. The van der Waals surface area contributed by atoms with Crippen LogP contribution in [0.3, 0.4) is 0 Å². The van der Waals surface area contributed by atoms with E-state index >= 15 is 0 Å². The number of carboxylic acid groups (broad SMARTS) is 1. The Bertz CT molecular complexity index is 817. The number of carbonyl (C=O) groups excluding carboxylic acids is 1. The van der Waals surface area contributed by atoms with E-state index in [-0.39, 0.29) is 0 Å². The van der Waals surface area contributed by atoms with Gasteiger partial charge in [0.25, 0.3) is 0 Å². The largest absolute Gasteiger partial charge is 0.487 e. The van der Waals surface area contributed by atoms with Crippen LogP contribution < -0.4 is 15.4 Å². The van der Waals surface area contributed by atoms with E-state index in [2.05, 4.69) is 42.5 Å². The zero-order valence-corrected chi connectivity index (χ0v) is 17.4. The van der Waals surface area contributed by atoms with E-state index in [9.17, 15) is 9.59 Å². The Morgan fingerprint density at radius 3 is 2.31 bits per heavy atom. The molecule has 0 radical (unpaired) electrons. The third kappa shape index (κ3) is 5.74. The first-order valence-corrected chi connectivity index (χ1v) is 9.29. The van der Waals surface area contributed by atoms with Crippen LogP contribution in [0.25, 0.3) is 0 Å². The van der Waals surface area contributed by atoms with Gasteiger partial charge in [-0.05, 0) is 74.2 Å². The first-order chi connectivity index (χ1) is 12.3. The minimum Gasteiger partial charge on any atom is -0.487 e. The maximum absolute atomic E-state index is 11.6. The SMILES string of the molecule is CNc1cc(C)cc(COc2c(Br)cc(NC(=O)CC(=O)O)cc2Br)c1. The predicted molar refractivity (Wildman–Crippen MR) is 108 cm³/mol. The Labute approximate surface area is 168 Å². The lowest BCUT2D eigenvalue weighted by molar-refractivity contribution is -0.139. The zero-order chi connectivity index (χ0) is 19.3. The highest BCUT2D eigenvalue weighted by molar-refractivity contribution is 9.11. The quantitative estimate of drug-likeness (QED) is 0.500. The van der Waals surface area contributed by atoms with E-state index in [1.807, 2.05) is 32.2 Å². The molecule has 0 spiro atoms. The maximum Gasteiger partial charge on any atom is 0.312 e. The lowest BCUT2D eigenvalue weighted by Crippen LogP contribution is -2.16. The number of aliphatic carboxylic acids is 1. The lowest BCUT2D eigenvalue weighted by atomic mass is 10.1. The molecule has 0 heterocycles. The van der Waals surface area contributed by atoms with Gasteiger partial charge in [0.2, 0.25) is 5.91 Å². The van der Waals surface area contributed by atoms with Gasteiger partial charge in [0.05, 0.1) is 8.95 Å². The van der Waals surface area contributed by atoms with Gasteiger partial charge in [-0.2, -0.15) is 0 Å².